The summed E-state index contributed by atoms with van der Waals surface area (Å²) >= 11 is 9.12. The number of nitro benzene ring substituents is 1. The van der Waals surface area contributed by atoms with Crippen LogP contribution in [0.3, 0.4) is 0 Å². The number of nitro groups is 1. The number of nitrogens with one attached hydrogen (secondary N) is 1. The molecule has 1 fully saturated rings. The van der Waals surface area contributed by atoms with Crippen LogP contribution in [0.25, 0.3) is 0 Å². The molecule has 0 spiro atoms. The molecule has 0 saturated carbocycles. The molecule has 1 aliphatic rings. The van der Waals surface area contributed by atoms with Gasteiger partial charge in [0.1, 0.15) is 0 Å². The van der Waals surface area contributed by atoms with E-state index in [0.29, 0.717) is 5.11 Å². The fourth-order valence-electron chi connectivity index (χ4n) is 3.98. The average Bonchev–Trinajstić information content (AvgIpc) is 3.43. The molecule has 2 aromatic heterocycles. The van der Waals surface area contributed by atoms with E-state index in [0.717, 1.165) is 21.2 Å². The molecular weight excluding hydrogens is 485 g/mol. The third-order valence-electron chi connectivity index (χ3n) is 5.55. The number of thiophene rings is 1. The first-order valence-corrected chi connectivity index (χ1v) is 12.6. The molecule has 0 aliphatic carbocycles. The first kappa shape index (κ1) is 22.5. The molecule has 2 aromatic carbocycles. The van der Waals surface area contributed by atoms with Gasteiger partial charge in [0.05, 0.1) is 22.7 Å². The fraction of sp³-hybridized carbons (Fsp3) is 0.120. The number of hydrogen-bond donors (Lipinski definition) is 1. The van der Waals surface area contributed by atoms with Crippen LogP contribution in [0, 0.1) is 17.0 Å². The van der Waals surface area contributed by atoms with Crippen LogP contribution in [-0.2, 0) is 0 Å². The summed E-state index contributed by atoms with van der Waals surface area (Å²) < 4.78 is 0. The summed E-state index contributed by atoms with van der Waals surface area (Å²) in [5, 5.41) is 15.0. The monoisotopic (exact) mass is 504 g/mol. The summed E-state index contributed by atoms with van der Waals surface area (Å²) in [5.74, 6) is 0. The van der Waals surface area contributed by atoms with Gasteiger partial charge in [0.25, 0.3) is 5.69 Å². The quantitative estimate of drug-likeness (QED) is 0.178. The third kappa shape index (κ3) is 4.54. The van der Waals surface area contributed by atoms with Crippen molar-refractivity contribution in [2.45, 2.75) is 28.8 Å². The Hall–Kier alpha value is -3.27. The van der Waals surface area contributed by atoms with E-state index in [2.05, 4.69) is 58.5 Å². The van der Waals surface area contributed by atoms with E-state index >= 15 is 0 Å². The predicted octanol–water partition coefficient (Wildman–Crippen LogP) is 6.69. The average molecular weight is 505 g/mol. The lowest BCUT2D eigenvalue weighted by atomic mass is 10.0. The Labute approximate surface area is 210 Å². The van der Waals surface area contributed by atoms with Crippen molar-refractivity contribution in [2.24, 2.45) is 0 Å². The number of anilines is 1. The van der Waals surface area contributed by atoms with E-state index in [9.17, 15) is 10.1 Å². The highest BCUT2D eigenvalue weighted by atomic mass is 32.2. The molecule has 0 unspecified atom stereocenters. The highest BCUT2D eigenvalue weighted by molar-refractivity contribution is 7.99. The maximum atomic E-state index is 10.9. The van der Waals surface area contributed by atoms with Gasteiger partial charge in [-0.25, -0.2) is 0 Å². The highest BCUT2D eigenvalue weighted by Crippen LogP contribution is 2.44. The molecule has 0 radical (unpaired) electrons. The minimum Gasteiger partial charge on any atom is -0.351 e. The zero-order valence-electron chi connectivity index (χ0n) is 18.1. The summed E-state index contributed by atoms with van der Waals surface area (Å²) in [6.07, 6.45) is 1.81. The van der Waals surface area contributed by atoms with Crippen molar-refractivity contribution < 1.29 is 4.92 Å². The second-order valence-electron chi connectivity index (χ2n) is 7.79. The number of thiocarbonyl (C=S) groups is 1. The molecule has 0 amide bonds. The lowest BCUT2D eigenvalue weighted by Crippen LogP contribution is -2.29. The second kappa shape index (κ2) is 9.54. The number of pyridine rings is 1. The molecule has 34 heavy (non-hydrogen) atoms. The molecule has 1 saturated heterocycles. The largest absolute Gasteiger partial charge is 0.351 e. The summed E-state index contributed by atoms with van der Waals surface area (Å²) in [4.78, 5) is 21.7. The molecule has 6 nitrogen and oxygen atoms in total. The lowest BCUT2D eigenvalue weighted by Gasteiger charge is -2.27. The molecule has 1 aliphatic heterocycles. The normalized spacial score (nSPS) is 17.6. The van der Waals surface area contributed by atoms with Crippen molar-refractivity contribution in [3.05, 3.63) is 111 Å². The summed E-state index contributed by atoms with van der Waals surface area (Å²) in [6, 6.07) is 25.0. The van der Waals surface area contributed by atoms with Gasteiger partial charge in [-0.2, -0.15) is 0 Å². The zero-order chi connectivity index (χ0) is 23.7. The van der Waals surface area contributed by atoms with E-state index < -0.39 is 0 Å². The third-order valence-corrected chi connectivity index (χ3v) is 7.95. The van der Waals surface area contributed by atoms with Crippen LogP contribution in [0.5, 0.6) is 0 Å². The van der Waals surface area contributed by atoms with Gasteiger partial charge in [-0.05, 0) is 79.8 Å². The summed E-state index contributed by atoms with van der Waals surface area (Å²) in [5.41, 5.74) is 2.04. The minimum atomic E-state index is -0.389. The van der Waals surface area contributed by atoms with Gasteiger partial charge in [0, 0.05) is 43.6 Å². The number of rotatable bonds is 6. The van der Waals surface area contributed by atoms with Gasteiger partial charge in [-0.15, -0.1) is 11.3 Å². The van der Waals surface area contributed by atoms with Gasteiger partial charge in [0.15, 0.2) is 5.11 Å². The zero-order valence-corrected chi connectivity index (χ0v) is 20.6. The van der Waals surface area contributed by atoms with Crippen LogP contribution in [-0.4, -0.2) is 15.0 Å². The Morgan fingerprint density at radius 3 is 2.32 bits per heavy atom. The second-order valence-corrected chi connectivity index (χ2v) is 10.6. The Kier molecular flexibility index (Phi) is 6.32. The smallest absolute Gasteiger partial charge is 0.269 e. The van der Waals surface area contributed by atoms with Crippen molar-refractivity contribution >= 4 is 51.8 Å². The van der Waals surface area contributed by atoms with Crippen molar-refractivity contribution in [2.75, 3.05) is 4.90 Å². The van der Waals surface area contributed by atoms with Gasteiger partial charge < -0.3 is 10.2 Å². The standard InChI is InChI=1S/C25H20N4O2S3/c1-16-5-14-22(33-16)24-23(21-4-2-3-15-26-21)27-25(32)28(24)17-6-10-19(11-7-17)34-20-12-8-18(9-13-20)29(30)31/h2-15,23-24H,1H3,(H,27,32)/t23-,24+/m0/s1. The molecule has 3 heterocycles. The number of aromatic nitrogens is 1. The molecule has 9 heteroatoms. The SMILES string of the molecule is Cc1ccc([C@@H]2[C@H](c3ccccn3)NC(=S)N2c2ccc(Sc3ccc([N+](=O)[O-])cc3)cc2)s1. The molecule has 170 valence electrons. The molecule has 2 atom stereocenters. The number of non-ortho nitro benzene ring substituents is 1. The summed E-state index contributed by atoms with van der Waals surface area (Å²) in [7, 11) is 0. The van der Waals surface area contributed by atoms with Crippen molar-refractivity contribution in [3.63, 3.8) is 0 Å². The Bertz CT molecular complexity index is 1320. The van der Waals surface area contributed by atoms with Crippen LogP contribution >= 0.6 is 35.3 Å². The molecule has 5 rings (SSSR count). The minimum absolute atomic E-state index is 0.00530. The first-order valence-electron chi connectivity index (χ1n) is 10.6. The van der Waals surface area contributed by atoms with Crippen molar-refractivity contribution in [1.29, 1.82) is 0 Å². The van der Waals surface area contributed by atoms with Crippen LogP contribution in [0.1, 0.15) is 27.5 Å². The highest BCUT2D eigenvalue weighted by Gasteiger charge is 2.41. The van der Waals surface area contributed by atoms with Gasteiger partial charge in [-0.1, -0.05) is 17.8 Å². The molecule has 0 bridgehead atoms. The van der Waals surface area contributed by atoms with Gasteiger partial charge >= 0.3 is 0 Å². The van der Waals surface area contributed by atoms with E-state index in [1.54, 1.807) is 35.2 Å². The number of benzene rings is 2. The Morgan fingerprint density at radius 2 is 1.74 bits per heavy atom. The lowest BCUT2D eigenvalue weighted by molar-refractivity contribution is -0.384. The van der Waals surface area contributed by atoms with Gasteiger partial charge in [0.2, 0.25) is 0 Å². The number of aryl methyl sites for hydroxylation is 1. The van der Waals surface area contributed by atoms with Crippen LogP contribution in [0.15, 0.2) is 94.9 Å². The van der Waals surface area contributed by atoms with Crippen LogP contribution in [0.4, 0.5) is 11.4 Å². The topological polar surface area (TPSA) is 71.3 Å². The van der Waals surface area contributed by atoms with E-state index in [1.807, 2.05) is 24.4 Å². The molecular formula is C25H20N4O2S3. The first-order chi connectivity index (χ1) is 16.5. The molecule has 1 N–H and O–H groups in total. The van der Waals surface area contributed by atoms with E-state index in [-0.39, 0.29) is 22.7 Å². The maximum absolute atomic E-state index is 10.9. The Morgan fingerprint density at radius 1 is 1.03 bits per heavy atom. The van der Waals surface area contributed by atoms with E-state index in [4.69, 9.17) is 12.2 Å². The predicted molar refractivity (Wildman–Crippen MR) is 141 cm³/mol. The van der Waals surface area contributed by atoms with Gasteiger partial charge in [-0.3, -0.25) is 15.1 Å². The number of nitrogens with zero attached hydrogens (tertiary/aromatic N) is 3. The summed E-state index contributed by atoms with van der Waals surface area (Å²) in [6.45, 7) is 2.11. The maximum Gasteiger partial charge on any atom is 0.269 e. The van der Waals surface area contributed by atoms with E-state index in [1.165, 1.54) is 21.9 Å². The van der Waals surface area contributed by atoms with Crippen LogP contribution in [0.2, 0.25) is 0 Å². The van der Waals surface area contributed by atoms with Crippen molar-refractivity contribution in [1.82, 2.24) is 10.3 Å². The number of hydrogen-bond acceptors (Lipinski definition) is 6. The fourth-order valence-corrected chi connectivity index (χ4v) is 6.15. The van der Waals surface area contributed by atoms with Crippen LogP contribution < -0.4 is 10.2 Å². The Balaban J connectivity index is 1.43. The van der Waals surface area contributed by atoms with Crippen molar-refractivity contribution in [3.8, 4) is 0 Å². The molecule has 4 aromatic rings.